The van der Waals surface area contributed by atoms with Crippen LogP contribution < -0.4 is 0 Å². The van der Waals surface area contributed by atoms with Crippen LogP contribution in [0, 0.1) is 5.92 Å². The first-order valence-corrected chi connectivity index (χ1v) is 5.73. The third kappa shape index (κ3) is 4.04. The number of likely N-dealkylation sites (tertiary alicyclic amines) is 1. The molecule has 106 valence electrons. The monoisotopic (exact) mass is 269 g/mol. The van der Waals surface area contributed by atoms with E-state index in [0.29, 0.717) is 0 Å². The first-order valence-electron chi connectivity index (χ1n) is 5.73. The van der Waals surface area contributed by atoms with Gasteiger partial charge in [0.15, 0.2) is 6.10 Å². The summed E-state index contributed by atoms with van der Waals surface area (Å²) in [5.41, 5.74) is -0.683. The number of hydrogen-bond donors (Lipinski definition) is 1. The van der Waals surface area contributed by atoms with E-state index in [0.717, 1.165) is 0 Å². The first kappa shape index (κ1) is 15.1. The smallest absolute Gasteiger partial charge is 0.414 e. The molecule has 0 unspecified atom stereocenters. The van der Waals surface area contributed by atoms with Crippen LogP contribution >= 0.6 is 0 Å². The summed E-state index contributed by atoms with van der Waals surface area (Å²) in [5.74, 6) is -0.975. The molecule has 7 heteroatoms. The molecule has 1 heterocycles. The van der Waals surface area contributed by atoms with Gasteiger partial charge in [-0.25, -0.2) is 4.79 Å². The molecule has 2 atom stereocenters. The van der Waals surface area contributed by atoms with Gasteiger partial charge in [-0.15, -0.1) is 0 Å². The number of halogens is 3. The van der Waals surface area contributed by atoms with Crippen molar-refractivity contribution in [2.45, 2.75) is 45.1 Å². The number of ether oxygens (including phenoxy) is 1. The summed E-state index contributed by atoms with van der Waals surface area (Å²) in [4.78, 5) is 12.8. The summed E-state index contributed by atoms with van der Waals surface area (Å²) in [5, 5.41) is 9.11. The van der Waals surface area contributed by atoms with E-state index >= 15 is 0 Å². The Morgan fingerprint density at radius 3 is 2.39 bits per heavy atom. The number of aliphatic hydroxyl groups excluding tert-OH is 1. The van der Waals surface area contributed by atoms with Crippen molar-refractivity contribution in [3.05, 3.63) is 0 Å². The molecule has 0 aromatic carbocycles. The summed E-state index contributed by atoms with van der Waals surface area (Å²) in [6.45, 7) is 5.09. The zero-order valence-electron chi connectivity index (χ0n) is 10.6. The summed E-state index contributed by atoms with van der Waals surface area (Å²) in [7, 11) is 0. The van der Waals surface area contributed by atoms with E-state index in [-0.39, 0.29) is 19.5 Å². The quantitative estimate of drug-likeness (QED) is 0.793. The highest BCUT2D eigenvalue weighted by Crippen LogP contribution is 2.31. The molecule has 1 aliphatic rings. The van der Waals surface area contributed by atoms with Gasteiger partial charge in [-0.3, -0.25) is 0 Å². The van der Waals surface area contributed by atoms with Crippen molar-refractivity contribution in [2.75, 3.05) is 13.1 Å². The van der Waals surface area contributed by atoms with Crippen LogP contribution in [0.25, 0.3) is 0 Å². The summed E-state index contributed by atoms with van der Waals surface area (Å²) < 4.78 is 42.0. The van der Waals surface area contributed by atoms with Crippen molar-refractivity contribution in [1.29, 1.82) is 0 Å². The third-order valence-electron chi connectivity index (χ3n) is 2.66. The van der Waals surface area contributed by atoms with Gasteiger partial charge in [0.2, 0.25) is 0 Å². The minimum Gasteiger partial charge on any atom is -0.444 e. The van der Waals surface area contributed by atoms with Gasteiger partial charge in [0, 0.05) is 19.0 Å². The lowest BCUT2D eigenvalue weighted by atomic mass is 10.0. The zero-order valence-corrected chi connectivity index (χ0v) is 10.6. The fraction of sp³-hybridized carbons (Fsp3) is 0.909. The Balaban J connectivity index is 2.54. The number of aliphatic hydroxyl groups is 1. The molecule has 1 aliphatic heterocycles. The van der Waals surface area contributed by atoms with E-state index in [4.69, 9.17) is 9.84 Å². The minimum absolute atomic E-state index is 0.125. The number of hydrogen-bond acceptors (Lipinski definition) is 3. The van der Waals surface area contributed by atoms with Crippen molar-refractivity contribution < 1.29 is 27.8 Å². The van der Waals surface area contributed by atoms with Crippen molar-refractivity contribution in [1.82, 2.24) is 4.90 Å². The molecule has 18 heavy (non-hydrogen) atoms. The normalized spacial score (nSPS) is 23.1. The average Bonchev–Trinajstić information content (AvgIpc) is 2.60. The number of rotatable bonds is 1. The molecule has 1 amide bonds. The molecule has 1 rings (SSSR count). The van der Waals surface area contributed by atoms with Gasteiger partial charge in [-0.1, -0.05) is 0 Å². The molecule has 0 radical (unpaired) electrons. The van der Waals surface area contributed by atoms with Crippen molar-refractivity contribution >= 4 is 6.09 Å². The van der Waals surface area contributed by atoms with Crippen LogP contribution in [-0.2, 0) is 4.74 Å². The number of nitrogens with zero attached hydrogens (tertiary/aromatic N) is 1. The lowest BCUT2D eigenvalue weighted by Gasteiger charge is -2.25. The Kier molecular flexibility index (Phi) is 4.15. The van der Waals surface area contributed by atoms with Gasteiger partial charge in [0.25, 0.3) is 0 Å². The molecule has 0 aliphatic carbocycles. The Hall–Kier alpha value is -0.980. The van der Waals surface area contributed by atoms with Crippen LogP contribution in [0.15, 0.2) is 0 Å². The average molecular weight is 269 g/mol. The molecule has 1 N–H and O–H groups in total. The molecule has 0 bridgehead atoms. The first-order chi connectivity index (χ1) is 8.00. The molecule has 0 saturated carbocycles. The molecule has 1 saturated heterocycles. The van der Waals surface area contributed by atoms with Crippen LogP contribution in [-0.4, -0.2) is 47.1 Å². The Labute approximate surface area is 104 Å². The highest BCUT2D eigenvalue weighted by atomic mass is 19.4. The number of alkyl halides is 3. The van der Waals surface area contributed by atoms with E-state index in [9.17, 15) is 18.0 Å². The van der Waals surface area contributed by atoms with E-state index in [1.165, 1.54) is 4.90 Å². The molecule has 0 spiro atoms. The summed E-state index contributed by atoms with van der Waals surface area (Å²) >= 11 is 0. The van der Waals surface area contributed by atoms with Gasteiger partial charge >= 0.3 is 12.3 Å². The van der Waals surface area contributed by atoms with Gasteiger partial charge in [0.1, 0.15) is 5.60 Å². The van der Waals surface area contributed by atoms with Crippen molar-refractivity contribution in [2.24, 2.45) is 5.92 Å². The van der Waals surface area contributed by atoms with Crippen LogP contribution in [0.1, 0.15) is 27.2 Å². The Morgan fingerprint density at radius 2 is 1.94 bits per heavy atom. The predicted octanol–water partition coefficient (Wildman–Crippen LogP) is 2.17. The molecular formula is C11H18F3NO3. The van der Waals surface area contributed by atoms with Crippen molar-refractivity contribution in [3.8, 4) is 0 Å². The van der Waals surface area contributed by atoms with Crippen LogP contribution in [0.2, 0.25) is 0 Å². The van der Waals surface area contributed by atoms with Crippen molar-refractivity contribution in [3.63, 3.8) is 0 Å². The largest absolute Gasteiger partial charge is 0.444 e. The molecule has 4 nitrogen and oxygen atoms in total. The van der Waals surface area contributed by atoms with Crippen LogP contribution in [0.4, 0.5) is 18.0 Å². The van der Waals surface area contributed by atoms with Gasteiger partial charge in [0.05, 0.1) is 0 Å². The van der Waals surface area contributed by atoms with Crippen LogP contribution in [0.5, 0.6) is 0 Å². The SMILES string of the molecule is CC(C)(C)OC(=O)N1CC[C@@H]([C@H](O)C(F)(F)F)C1. The maximum atomic E-state index is 12.3. The van der Waals surface area contributed by atoms with E-state index < -0.39 is 29.9 Å². The predicted molar refractivity (Wildman–Crippen MR) is 58.0 cm³/mol. The Bertz CT molecular complexity index is 312. The maximum Gasteiger partial charge on any atom is 0.414 e. The third-order valence-corrected chi connectivity index (χ3v) is 2.66. The van der Waals surface area contributed by atoms with Gasteiger partial charge in [-0.05, 0) is 27.2 Å². The lowest BCUT2D eigenvalue weighted by Crippen LogP contribution is -2.39. The topological polar surface area (TPSA) is 49.8 Å². The van der Waals surface area contributed by atoms with E-state index in [2.05, 4.69) is 0 Å². The molecular weight excluding hydrogens is 251 g/mol. The molecule has 0 aromatic heterocycles. The standard InChI is InChI=1S/C11H18F3NO3/c1-10(2,3)18-9(17)15-5-4-7(6-15)8(16)11(12,13)14/h7-8,16H,4-6H2,1-3H3/t7-,8+/m1/s1. The highest BCUT2D eigenvalue weighted by molar-refractivity contribution is 5.68. The number of carbonyl (C=O) groups excluding carboxylic acids is 1. The van der Waals surface area contributed by atoms with E-state index in [1.807, 2.05) is 0 Å². The highest BCUT2D eigenvalue weighted by Gasteiger charge is 2.46. The summed E-state index contributed by atoms with van der Waals surface area (Å²) in [6.07, 6.45) is -7.54. The second-order valence-electron chi connectivity index (χ2n) is 5.46. The second-order valence-corrected chi connectivity index (χ2v) is 5.46. The lowest BCUT2D eigenvalue weighted by molar-refractivity contribution is -0.217. The maximum absolute atomic E-state index is 12.3. The van der Waals surface area contributed by atoms with Crippen LogP contribution in [0.3, 0.4) is 0 Å². The fourth-order valence-corrected chi connectivity index (χ4v) is 1.80. The molecule has 0 aromatic rings. The number of carbonyl (C=O) groups is 1. The van der Waals surface area contributed by atoms with Gasteiger partial charge in [-0.2, -0.15) is 13.2 Å². The fourth-order valence-electron chi connectivity index (χ4n) is 1.80. The second kappa shape index (κ2) is 4.95. The van der Waals surface area contributed by atoms with E-state index in [1.54, 1.807) is 20.8 Å². The number of amides is 1. The summed E-state index contributed by atoms with van der Waals surface area (Å²) in [6, 6.07) is 0. The zero-order chi connectivity index (χ0) is 14.1. The van der Waals surface area contributed by atoms with Gasteiger partial charge < -0.3 is 14.7 Å². The Morgan fingerprint density at radius 1 is 1.39 bits per heavy atom. The minimum atomic E-state index is -4.64. The molecule has 1 fully saturated rings.